The number of aliphatic hydroxyl groups is 1. The number of urea groups is 1. The molecule has 2 aromatic carbocycles. The van der Waals surface area contributed by atoms with Crippen molar-refractivity contribution < 1.29 is 37.1 Å². The van der Waals surface area contributed by atoms with Crippen LogP contribution in [0.5, 0.6) is 11.5 Å². The van der Waals surface area contributed by atoms with Crippen LogP contribution in [0.1, 0.15) is 30.9 Å². The van der Waals surface area contributed by atoms with E-state index in [4.69, 9.17) is 14.0 Å². The molecule has 0 fully saturated rings. The molecule has 238 valence electrons. The number of anilines is 2. The summed E-state index contributed by atoms with van der Waals surface area (Å²) in [5.41, 5.74) is 1.75. The van der Waals surface area contributed by atoms with Crippen LogP contribution in [-0.2, 0) is 21.2 Å². The molecule has 2 heterocycles. The van der Waals surface area contributed by atoms with Crippen molar-refractivity contribution in [2.24, 2.45) is 5.92 Å². The Kier molecular flexibility index (Phi) is 10.0. The summed E-state index contributed by atoms with van der Waals surface area (Å²) in [7, 11) is -0.815. The smallest absolute Gasteiger partial charge is 0.321 e. The summed E-state index contributed by atoms with van der Waals surface area (Å²) in [5, 5.41) is 16.6. The number of aliphatic hydroxyl groups excluding tert-OH is 1. The van der Waals surface area contributed by atoms with E-state index >= 15 is 0 Å². The number of rotatable bonds is 9. The minimum Gasteiger partial charge on any atom is -0.497 e. The molecule has 3 amide bonds. The Balaban J connectivity index is 1.62. The zero-order valence-electron chi connectivity index (χ0n) is 25.7. The number of nitrogens with one attached hydrogen (secondary N) is 2. The zero-order chi connectivity index (χ0) is 32.2. The van der Waals surface area contributed by atoms with Gasteiger partial charge in [-0.1, -0.05) is 12.1 Å². The minimum absolute atomic E-state index is 0.0453. The molecule has 0 saturated heterocycles. The van der Waals surface area contributed by atoms with Crippen molar-refractivity contribution in [2.45, 2.75) is 51.2 Å². The Labute approximate surface area is 257 Å². The molecule has 3 atom stereocenters. The number of sulfonamides is 1. The molecule has 0 bridgehead atoms. The Bertz CT molecular complexity index is 1570. The van der Waals surface area contributed by atoms with Crippen molar-refractivity contribution in [3.63, 3.8) is 0 Å². The van der Waals surface area contributed by atoms with Gasteiger partial charge in [0, 0.05) is 30.8 Å². The van der Waals surface area contributed by atoms with Gasteiger partial charge in [-0.15, -0.1) is 0 Å². The molecule has 3 N–H and O–H groups in total. The van der Waals surface area contributed by atoms with Crippen molar-refractivity contribution in [3.8, 4) is 11.5 Å². The van der Waals surface area contributed by atoms with Crippen LogP contribution in [0, 0.1) is 19.8 Å². The maximum absolute atomic E-state index is 13.5. The Hall–Kier alpha value is -4.30. The first-order valence-corrected chi connectivity index (χ1v) is 15.6. The fraction of sp³-hybridized carbons (Fsp3) is 0.433. The van der Waals surface area contributed by atoms with E-state index in [1.165, 1.54) is 24.1 Å². The maximum atomic E-state index is 13.5. The summed E-state index contributed by atoms with van der Waals surface area (Å²) in [6.07, 6.45) is -0.644. The predicted molar refractivity (Wildman–Crippen MR) is 163 cm³/mol. The number of likely N-dealkylation sites (N-methyl/N-ethyl adjacent to an activating group) is 1. The van der Waals surface area contributed by atoms with E-state index < -0.39 is 28.2 Å². The highest BCUT2D eigenvalue weighted by Gasteiger charge is 2.32. The molecule has 1 aliphatic rings. The molecular formula is C30H39N5O8S. The van der Waals surface area contributed by atoms with Crippen molar-refractivity contribution in [3.05, 3.63) is 59.5 Å². The molecule has 0 aliphatic carbocycles. The van der Waals surface area contributed by atoms with E-state index in [-0.39, 0.29) is 48.5 Å². The summed E-state index contributed by atoms with van der Waals surface area (Å²) in [6, 6.07) is 9.85. The molecule has 3 aromatic rings. The number of fused-ring (bicyclic) bond motifs is 1. The second-order valence-corrected chi connectivity index (χ2v) is 12.7. The summed E-state index contributed by atoms with van der Waals surface area (Å²) in [5.74, 6) is 0.899. The summed E-state index contributed by atoms with van der Waals surface area (Å²) >= 11 is 0. The third-order valence-electron chi connectivity index (χ3n) is 7.60. The van der Waals surface area contributed by atoms with Gasteiger partial charge < -0.3 is 34.2 Å². The third kappa shape index (κ3) is 7.42. The highest BCUT2D eigenvalue weighted by Crippen LogP contribution is 2.30. The molecule has 1 aliphatic heterocycles. The van der Waals surface area contributed by atoms with Crippen LogP contribution in [-0.4, -0.2) is 86.4 Å². The number of benzene rings is 2. The van der Waals surface area contributed by atoms with Gasteiger partial charge in [-0.25, -0.2) is 13.2 Å². The number of nitrogens with zero attached hydrogens (tertiary/aromatic N) is 3. The quantitative estimate of drug-likeness (QED) is 0.322. The van der Waals surface area contributed by atoms with Crippen LogP contribution >= 0.6 is 0 Å². The second kappa shape index (κ2) is 13.6. The second-order valence-electron chi connectivity index (χ2n) is 11.0. The molecule has 1 aromatic heterocycles. The van der Waals surface area contributed by atoms with Gasteiger partial charge in [0.25, 0.3) is 10.0 Å². The molecule has 0 radical (unpaired) electrons. The van der Waals surface area contributed by atoms with Crippen molar-refractivity contribution in [1.82, 2.24) is 15.0 Å². The van der Waals surface area contributed by atoms with Crippen molar-refractivity contribution in [2.75, 3.05) is 43.9 Å². The molecule has 14 heteroatoms. The van der Waals surface area contributed by atoms with Gasteiger partial charge in [-0.05, 0) is 63.2 Å². The first kappa shape index (κ1) is 32.6. The first-order valence-electron chi connectivity index (χ1n) is 14.1. The van der Waals surface area contributed by atoms with Gasteiger partial charge in [0.2, 0.25) is 5.91 Å². The molecule has 13 nitrogen and oxygen atoms in total. The molecule has 0 spiro atoms. The number of hydrogen-bond acceptors (Lipinski definition) is 9. The number of ether oxygens (including phenoxy) is 2. The van der Waals surface area contributed by atoms with Gasteiger partial charge in [-0.3, -0.25) is 9.52 Å². The largest absolute Gasteiger partial charge is 0.497 e. The van der Waals surface area contributed by atoms with Crippen molar-refractivity contribution >= 4 is 33.3 Å². The molecular weight excluding hydrogens is 590 g/mol. The lowest BCUT2D eigenvalue weighted by molar-refractivity contribution is -0.134. The monoisotopic (exact) mass is 629 g/mol. The number of aromatic nitrogens is 1. The van der Waals surface area contributed by atoms with E-state index in [1.54, 1.807) is 63.1 Å². The first-order chi connectivity index (χ1) is 20.8. The third-order valence-corrected chi connectivity index (χ3v) is 9.00. The molecule has 44 heavy (non-hydrogen) atoms. The lowest BCUT2D eigenvalue weighted by Gasteiger charge is -2.34. The lowest BCUT2D eigenvalue weighted by Crippen LogP contribution is -2.48. The Morgan fingerprint density at radius 2 is 1.93 bits per heavy atom. The van der Waals surface area contributed by atoms with Crippen LogP contribution in [0.4, 0.5) is 16.2 Å². The van der Waals surface area contributed by atoms with Crippen molar-refractivity contribution in [1.29, 1.82) is 0 Å². The van der Waals surface area contributed by atoms with Crippen LogP contribution < -0.4 is 19.5 Å². The van der Waals surface area contributed by atoms with E-state index in [9.17, 15) is 23.1 Å². The van der Waals surface area contributed by atoms with Gasteiger partial charge >= 0.3 is 6.03 Å². The van der Waals surface area contributed by atoms with Crippen LogP contribution in [0.2, 0.25) is 0 Å². The Morgan fingerprint density at radius 3 is 2.55 bits per heavy atom. The average molecular weight is 630 g/mol. The summed E-state index contributed by atoms with van der Waals surface area (Å²) in [6.45, 7) is 7.30. The highest BCUT2D eigenvalue weighted by atomic mass is 32.2. The SMILES string of the molecule is COc1ccc(S(=O)(=O)Nc2ccc3c(c2)CC(=O)N([C@@H](C)CO)C[C@@H](C)[C@H](CN(C)C(=O)Nc2c(C)noc2C)O3)cc1. The van der Waals surface area contributed by atoms with Gasteiger partial charge in [0.15, 0.2) is 5.76 Å². The number of aryl methyl sites for hydroxylation is 2. The van der Waals surface area contributed by atoms with Gasteiger partial charge in [-0.2, -0.15) is 0 Å². The van der Waals surface area contributed by atoms with Crippen LogP contribution in [0.25, 0.3) is 0 Å². The van der Waals surface area contributed by atoms with Gasteiger partial charge in [0.05, 0.1) is 37.6 Å². The van der Waals surface area contributed by atoms with E-state index in [0.29, 0.717) is 34.2 Å². The normalized spacial score (nSPS) is 17.8. The average Bonchev–Trinajstić information content (AvgIpc) is 3.33. The lowest BCUT2D eigenvalue weighted by atomic mass is 10.0. The summed E-state index contributed by atoms with van der Waals surface area (Å²) in [4.78, 5) is 29.7. The molecule has 4 rings (SSSR count). The number of methoxy groups -OCH3 is 1. The molecule has 0 unspecified atom stereocenters. The minimum atomic E-state index is -3.94. The van der Waals surface area contributed by atoms with E-state index in [0.717, 1.165) is 0 Å². The van der Waals surface area contributed by atoms with Gasteiger partial charge in [0.1, 0.15) is 29.0 Å². The fourth-order valence-corrected chi connectivity index (χ4v) is 5.95. The molecule has 0 saturated carbocycles. The number of carbonyl (C=O) groups excluding carboxylic acids is 2. The number of amides is 3. The van der Waals surface area contributed by atoms with Crippen LogP contribution in [0.3, 0.4) is 0 Å². The zero-order valence-corrected chi connectivity index (χ0v) is 26.5. The summed E-state index contributed by atoms with van der Waals surface area (Å²) < 4.78 is 45.5. The van der Waals surface area contributed by atoms with Crippen LogP contribution in [0.15, 0.2) is 51.9 Å². The number of carbonyl (C=O) groups is 2. The fourth-order valence-electron chi connectivity index (χ4n) is 4.90. The maximum Gasteiger partial charge on any atom is 0.321 e. The number of hydrogen-bond donors (Lipinski definition) is 3. The van der Waals surface area contributed by atoms with E-state index in [2.05, 4.69) is 15.2 Å². The standard InChI is InChI=1S/C30H39N5O8S/c1-18-15-35(19(2)17-36)28(37)14-22-13-23(33-44(39,40)25-10-8-24(41-6)9-11-25)7-12-26(22)42-27(18)16-34(5)30(38)31-29-20(3)32-43-21(29)4/h7-13,18-19,27,33,36H,14-17H2,1-6H3,(H,31,38)/t18-,19+,27+/m1/s1. The topological polar surface area (TPSA) is 164 Å². The highest BCUT2D eigenvalue weighted by molar-refractivity contribution is 7.92. The van der Waals surface area contributed by atoms with E-state index in [1.807, 2.05) is 6.92 Å². The predicted octanol–water partition coefficient (Wildman–Crippen LogP) is 3.41. The Morgan fingerprint density at radius 1 is 1.23 bits per heavy atom.